The van der Waals surface area contributed by atoms with Gasteiger partial charge in [0.1, 0.15) is 0 Å². The minimum Gasteiger partial charge on any atom is -0.493 e. The molecule has 0 saturated carbocycles. The van der Waals surface area contributed by atoms with Crippen molar-refractivity contribution in [1.82, 2.24) is 5.01 Å². The molecule has 0 spiro atoms. The molecule has 0 radical (unpaired) electrons. The number of nitro benzene ring substituents is 1. The number of halogens is 2. The Bertz CT molecular complexity index is 953. The smallest absolute Gasteiger partial charge is 0.387 e. The Kier molecular flexibility index (Phi) is 6.27. The number of non-ortho nitro benzene ring substituents is 1. The summed E-state index contributed by atoms with van der Waals surface area (Å²) in [5, 5.41) is 16.0. The first-order valence-corrected chi connectivity index (χ1v) is 9.24. The molecule has 152 valence electrons. The fourth-order valence-corrected chi connectivity index (χ4v) is 3.34. The molecule has 0 bridgehead atoms. The molecule has 0 aliphatic carbocycles. The standard InChI is InChI=1S/C18H15F2N3O5S/c1-27-15-7-4-12(8-16(15)28-17(19)20)14-10-29-18(24)22(21-14)9-11-2-5-13(6-3-11)23(25)26/h2-8,17H,9-10H2,1H3. The molecule has 11 heteroatoms. The zero-order valence-electron chi connectivity index (χ0n) is 15.1. The van der Waals surface area contributed by atoms with E-state index in [0.717, 1.165) is 11.8 Å². The number of ether oxygens (including phenoxy) is 2. The van der Waals surface area contributed by atoms with Crippen LogP contribution < -0.4 is 9.47 Å². The zero-order valence-corrected chi connectivity index (χ0v) is 15.9. The number of nitro groups is 1. The van der Waals surface area contributed by atoms with Gasteiger partial charge in [-0.2, -0.15) is 13.9 Å². The summed E-state index contributed by atoms with van der Waals surface area (Å²) in [4.78, 5) is 22.4. The lowest BCUT2D eigenvalue weighted by Crippen LogP contribution is -2.29. The van der Waals surface area contributed by atoms with Crippen molar-refractivity contribution in [1.29, 1.82) is 0 Å². The molecule has 0 saturated heterocycles. The average Bonchev–Trinajstić information content (AvgIpc) is 2.69. The Morgan fingerprint density at radius 3 is 2.59 bits per heavy atom. The fourth-order valence-electron chi connectivity index (χ4n) is 2.60. The van der Waals surface area contributed by atoms with Crippen molar-refractivity contribution in [3.8, 4) is 11.5 Å². The number of amides is 1. The summed E-state index contributed by atoms with van der Waals surface area (Å²) >= 11 is 1.01. The maximum absolute atomic E-state index is 12.6. The number of nitrogens with zero attached hydrogens (tertiary/aromatic N) is 3. The SMILES string of the molecule is COc1ccc(C2=NN(Cc3ccc([N+](=O)[O-])cc3)C(=O)SC2)cc1OC(F)F. The van der Waals surface area contributed by atoms with Gasteiger partial charge in [-0.1, -0.05) is 23.9 Å². The van der Waals surface area contributed by atoms with Crippen LogP contribution in [0.25, 0.3) is 0 Å². The van der Waals surface area contributed by atoms with Gasteiger partial charge in [0.15, 0.2) is 11.5 Å². The van der Waals surface area contributed by atoms with E-state index in [0.29, 0.717) is 16.8 Å². The number of hydrogen-bond donors (Lipinski definition) is 0. The van der Waals surface area contributed by atoms with Crippen LogP contribution in [0.3, 0.4) is 0 Å². The summed E-state index contributed by atoms with van der Waals surface area (Å²) in [6, 6.07) is 10.3. The van der Waals surface area contributed by atoms with E-state index in [4.69, 9.17) is 4.74 Å². The molecule has 2 aromatic rings. The lowest BCUT2D eigenvalue weighted by atomic mass is 10.1. The fraction of sp³-hybridized carbons (Fsp3) is 0.222. The molecule has 0 aromatic heterocycles. The van der Waals surface area contributed by atoms with Crippen LogP contribution in [0.5, 0.6) is 11.5 Å². The Hall–Kier alpha value is -3.21. The van der Waals surface area contributed by atoms with Gasteiger partial charge in [-0.15, -0.1) is 0 Å². The number of carbonyl (C=O) groups is 1. The van der Waals surface area contributed by atoms with Gasteiger partial charge in [0.05, 0.1) is 24.3 Å². The zero-order chi connectivity index (χ0) is 21.0. The molecule has 0 fully saturated rings. The molecular weight excluding hydrogens is 408 g/mol. The Morgan fingerprint density at radius 2 is 1.97 bits per heavy atom. The van der Waals surface area contributed by atoms with Gasteiger partial charge in [-0.3, -0.25) is 14.9 Å². The van der Waals surface area contributed by atoms with E-state index in [9.17, 15) is 23.7 Å². The van der Waals surface area contributed by atoms with Crippen molar-refractivity contribution in [3.05, 3.63) is 63.7 Å². The normalized spacial score (nSPS) is 14.0. The lowest BCUT2D eigenvalue weighted by Gasteiger charge is -2.23. The summed E-state index contributed by atoms with van der Waals surface area (Å²) in [5.41, 5.74) is 1.61. The van der Waals surface area contributed by atoms with Crippen molar-refractivity contribution in [2.24, 2.45) is 5.10 Å². The van der Waals surface area contributed by atoms with Gasteiger partial charge < -0.3 is 9.47 Å². The van der Waals surface area contributed by atoms with Crippen molar-refractivity contribution in [3.63, 3.8) is 0 Å². The number of hydrogen-bond acceptors (Lipinski definition) is 7. The number of carbonyl (C=O) groups excluding carboxylic acids is 1. The topological polar surface area (TPSA) is 94.3 Å². The lowest BCUT2D eigenvalue weighted by molar-refractivity contribution is -0.384. The predicted octanol–water partition coefficient (Wildman–Crippen LogP) is 4.28. The van der Waals surface area contributed by atoms with Gasteiger partial charge in [0.2, 0.25) is 0 Å². The second-order valence-electron chi connectivity index (χ2n) is 5.83. The van der Waals surface area contributed by atoms with E-state index in [1.54, 1.807) is 18.2 Å². The van der Waals surface area contributed by atoms with Crippen molar-refractivity contribution < 1.29 is 28.0 Å². The van der Waals surface area contributed by atoms with E-state index in [2.05, 4.69) is 9.84 Å². The van der Waals surface area contributed by atoms with Gasteiger partial charge in [-0.05, 0) is 23.8 Å². The predicted molar refractivity (Wildman–Crippen MR) is 103 cm³/mol. The quantitative estimate of drug-likeness (QED) is 0.487. The molecule has 8 nitrogen and oxygen atoms in total. The number of alkyl halides is 2. The maximum Gasteiger partial charge on any atom is 0.387 e. The molecule has 1 aliphatic rings. The Morgan fingerprint density at radius 1 is 1.24 bits per heavy atom. The van der Waals surface area contributed by atoms with Crippen LogP contribution in [0, 0.1) is 10.1 Å². The molecule has 0 N–H and O–H groups in total. The highest BCUT2D eigenvalue weighted by Gasteiger charge is 2.23. The van der Waals surface area contributed by atoms with Crippen LogP contribution in [0.1, 0.15) is 11.1 Å². The maximum atomic E-state index is 12.6. The third-order valence-corrected chi connectivity index (χ3v) is 4.85. The molecule has 2 aromatic carbocycles. The minimum absolute atomic E-state index is 0.0536. The van der Waals surface area contributed by atoms with Gasteiger partial charge >= 0.3 is 11.9 Å². The highest BCUT2D eigenvalue weighted by atomic mass is 32.2. The monoisotopic (exact) mass is 423 g/mol. The summed E-state index contributed by atoms with van der Waals surface area (Å²) in [7, 11) is 1.34. The van der Waals surface area contributed by atoms with Crippen LogP contribution in [-0.4, -0.2) is 40.4 Å². The average molecular weight is 423 g/mol. The van der Waals surface area contributed by atoms with Crippen molar-refractivity contribution in [2.45, 2.75) is 13.2 Å². The molecule has 1 amide bonds. The van der Waals surface area contributed by atoms with Gasteiger partial charge in [0, 0.05) is 23.4 Å². The van der Waals surface area contributed by atoms with Crippen molar-refractivity contribution in [2.75, 3.05) is 12.9 Å². The summed E-state index contributed by atoms with van der Waals surface area (Å²) in [6.45, 7) is -2.90. The second-order valence-corrected chi connectivity index (χ2v) is 6.75. The molecule has 1 heterocycles. The van der Waals surface area contributed by atoms with Crippen LogP contribution >= 0.6 is 11.8 Å². The molecule has 0 unspecified atom stereocenters. The summed E-state index contributed by atoms with van der Waals surface area (Å²) in [5.74, 6) is 0.277. The summed E-state index contributed by atoms with van der Waals surface area (Å²) in [6.07, 6.45) is 0. The number of thioether (sulfide) groups is 1. The third-order valence-electron chi connectivity index (χ3n) is 3.98. The Balaban J connectivity index is 1.84. The van der Waals surface area contributed by atoms with Gasteiger partial charge in [-0.25, -0.2) is 5.01 Å². The second kappa shape index (κ2) is 8.86. The van der Waals surface area contributed by atoms with Crippen LogP contribution in [0.15, 0.2) is 47.6 Å². The van der Waals surface area contributed by atoms with Crippen LogP contribution in [0.2, 0.25) is 0 Å². The Labute approximate surface area is 168 Å². The number of rotatable bonds is 7. The van der Waals surface area contributed by atoms with E-state index >= 15 is 0 Å². The van der Waals surface area contributed by atoms with E-state index in [1.165, 1.54) is 36.4 Å². The molecular formula is C18H15F2N3O5S. The van der Waals surface area contributed by atoms with E-state index < -0.39 is 11.5 Å². The van der Waals surface area contributed by atoms with Crippen LogP contribution in [-0.2, 0) is 6.54 Å². The third kappa shape index (κ3) is 4.99. The van der Waals surface area contributed by atoms with Crippen LogP contribution in [0.4, 0.5) is 19.3 Å². The first kappa shape index (κ1) is 20.5. The largest absolute Gasteiger partial charge is 0.493 e. The molecule has 29 heavy (non-hydrogen) atoms. The number of methoxy groups -OCH3 is 1. The number of benzene rings is 2. The van der Waals surface area contributed by atoms with Gasteiger partial charge in [0.25, 0.3) is 5.69 Å². The molecule has 0 atom stereocenters. The highest BCUT2D eigenvalue weighted by molar-refractivity contribution is 8.14. The molecule has 1 aliphatic heterocycles. The highest BCUT2D eigenvalue weighted by Crippen LogP contribution is 2.31. The first-order valence-electron chi connectivity index (χ1n) is 8.25. The first-order chi connectivity index (χ1) is 13.9. The minimum atomic E-state index is -3.01. The summed E-state index contributed by atoms with van der Waals surface area (Å²) < 4.78 is 34.8. The van der Waals surface area contributed by atoms with E-state index in [1.807, 2.05) is 0 Å². The molecule has 3 rings (SSSR count). The van der Waals surface area contributed by atoms with Crippen molar-refractivity contribution >= 4 is 28.4 Å². The van der Waals surface area contributed by atoms with E-state index in [-0.39, 0.29) is 34.7 Å². The number of hydrazone groups is 1.